The first kappa shape index (κ1) is 24.5. The van der Waals surface area contributed by atoms with Crippen molar-refractivity contribution in [3.8, 4) is 11.5 Å². The molecule has 3 rings (SSSR count). The molecule has 8 heteroatoms. The molecule has 7 nitrogen and oxygen atoms in total. The number of amides is 2. The number of ether oxygens (including phenoxy) is 2. The number of hydrogen-bond acceptors (Lipinski definition) is 5. The number of piperidine rings is 2. The molecule has 2 aliphatic heterocycles. The zero-order valence-electron chi connectivity index (χ0n) is 19.7. The van der Waals surface area contributed by atoms with Crippen LogP contribution < -0.4 is 14.4 Å². The second-order valence-corrected chi connectivity index (χ2v) is 9.60. The molecule has 2 atom stereocenters. The first-order valence-corrected chi connectivity index (χ1v) is 11.9. The van der Waals surface area contributed by atoms with E-state index in [-0.39, 0.29) is 24.9 Å². The van der Waals surface area contributed by atoms with Gasteiger partial charge >= 0.3 is 0 Å². The number of halogens is 1. The van der Waals surface area contributed by atoms with Crippen molar-refractivity contribution in [1.29, 1.82) is 0 Å². The summed E-state index contributed by atoms with van der Waals surface area (Å²) in [7, 11) is 3.10. The molecule has 0 N–H and O–H groups in total. The van der Waals surface area contributed by atoms with E-state index in [2.05, 4.69) is 13.8 Å². The predicted molar refractivity (Wildman–Crippen MR) is 127 cm³/mol. The minimum atomic E-state index is 0.0207. The van der Waals surface area contributed by atoms with Crippen molar-refractivity contribution < 1.29 is 19.1 Å². The number of methoxy groups -OCH3 is 2. The van der Waals surface area contributed by atoms with E-state index in [1.807, 2.05) is 9.80 Å². The molecule has 0 spiro atoms. The summed E-state index contributed by atoms with van der Waals surface area (Å²) in [6.45, 7) is 7.57. The summed E-state index contributed by atoms with van der Waals surface area (Å²) in [5, 5.41) is 0.417. The maximum atomic E-state index is 13.2. The smallest absolute Gasteiger partial charge is 0.242 e. The van der Waals surface area contributed by atoms with Crippen LogP contribution in [0.1, 0.15) is 39.5 Å². The van der Waals surface area contributed by atoms with Gasteiger partial charge in [-0.25, -0.2) is 0 Å². The van der Waals surface area contributed by atoms with Crippen LogP contribution in [0.15, 0.2) is 12.1 Å². The lowest BCUT2D eigenvalue weighted by Crippen LogP contribution is -2.49. The van der Waals surface area contributed by atoms with Gasteiger partial charge in [0.1, 0.15) is 11.5 Å². The van der Waals surface area contributed by atoms with E-state index in [0.717, 1.165) is 51.9 Å². The fraction of sp³-hybridized carbons (Fsp3) is 0.667. The van der Waals surface area contributed by atoms with Crippen molar-refractivity contribution in [2.75, 3.05) is 58.4 Å². The molecule has 2 heterocycles. The largest absolute Gasteiger partial charge is 0.495 e. The van der Waals surface area contributed by atoms with E-state index in [9.17, 15) is 9.59 Å². The Bertz CT molecular complexity index is 783. The van der Waals surface area contributed by atoms with Crippen LogP contribution in [0.4, 0.5) is 5.69 Å². The van der Waals surface area contributed by atoms with Gasteiger partial charge in [-0.3, -0.25) is 9.59 Å². The predicted octanol–water partition coefficient (Wildman–Crippen LogP) is 3.68. The average Bonchev–Trinajstić information content (AvgIpc) is 2.78. The number of hydrogen-bond donors (Lipinski definition) is 0. The molecule has 0 unspecified atom stereocenters. The molecule has 0 saturated carbocycles. The molecule has 32 heavy (non-hydrogen) atoms. The summed E-state index contributed by atoms with van der Waals surface area (Å²) < 4.78 is 11.0. The highest BCUT2D eigenvalue weighted by Gasteiger charge is 2.28. The quantitative estimate of drug-likeness (QED) is 0.614. The van der Waals surface area contributed by atoms with E-state index in [4.69, 9.17) is 21.1 Å². The summed E-state index contributed by atoms with van der Waals surface area (Å²) in [5.41, 5.74) is 0.630. The van der Waals surface area contributed by atoms with Gasteiger partial charge in [0.05, 0.1) is 38.0 Å². The summed E-state index contributed by atoms with van der Waals surface area (Å²) in [6, 6.07) is 3.42. The minimum absolute atomic E-state index is 0.0207. The van der Waals surface area contributed by atoms with Crippen molar-refractivity contribution >= 4 is 29.1 Å². The zero-order chi connectivity index (χ0) is 23.3. The highest BCUT2D eigenvalue weighted by atomic mass is 35.5. The Labute approximate surface area is 196 Å². The summed E-state index contributed by atoms with van der Waals surface area (Å²) >= 11 is 6.30. The number of benzene rings is 1. The number of carbonyl (C=O) groups is 2. The second kappa shape index (κ2) is 11.1. The molecule has 178 valence electrons. The zero-order valence-corrected chi connectivity index (χ0v) is 20.5. The minimum Gasteiger partial charge on any atom is -0.495 e. The van der Waals surface area contributed by atoms with Crippen molar-refractivity contribution in [2.24, 2.45) is 11.8 Å². The summed E-state index contributed by atoms with van der Waals surface area (Å²) in [6.07, 6.45) is 4.30. The number of anilines is 1. The molecule has 2 fully saturated rings. The molecule has 0 aliphatic carbocycles. The Morgan fingerprint density at radius 3 is 1.88 bits per heavy atom. The van der Waals surface area contributed by atoms with Gasteiger partial charge in [0.25, 0.3) is 0 Å². The molecule has 1 aromatic rings. The van der Waals surface area contributed by atoms with Gasteiger partial charge in [-0.15, -0.1) is 0 Å². The molecule has 0 radical (unpaired) electrons. The topological polar surface area (TPSA) is 62.3 Å². The first-order valence-electron chi connectivity index (χ1n) is 11.5. The standard InChI is InChI=1S/C24H36ClN3O4/c1-17-7-5-9-26(13-17)23(29)15-28(16-24(30)27-10-6-8-18(2)14-27)20-12-21(31-3)19(25)11-22(20)32-4/h11-12,17-18H,5-10,13-16H2,1-4H3/t17-,18+. The third-order valence-corrected chi connectivity index (χ3v) is 6.76. The molecule has 2 saturated heterocycles. The molecule has 1 aromatic carbocycles. The number of rotatable bonds is 7. The lowest BCUT2D eigenvalue weighted by molar-refractivity contribution is -0.132. The van der Waals surface area contributed by atoms with Crippen LogP contribution in [0.5, 0.6) is 11.5 Å². The fourth-order valence-corrected chi connectivity index (χ4v) is 4.91. The van der Waals surface area contributed by atoms with Crippen LogP contribution in [0.2, 0.25) is 5.02 Å². The third kappa shape index (κ3) is 6.00. The lowest BCUT2D eigenvalue weighted by atomic mass is 10.00. The normalized spacial score (nSPS) is 21.3. The molecular weight excluding hydrogens is 430 g/mol. The molecule has 0 aromatic heterocycles. The van der Waals surface area contributed by atoms with Crippen LogP contribution in [-0.4, -0.2) is 75.1 Å². The maximum absolute atomic E-state index is 13.2. The number of likely N-dealkylation sites (tertiary alicyclic amines) is 2. The van der Waals surface area contributed by atoms with Crippen LogP contribution in [0.3, 0.4) is 0 Å². The van der Waals surface area contributed by atoms with E-state index in [0.29, 0.717) is 34.0 Å². The van der Waals surface area contributed by atoms with E-state index in [1.165, 1.54) is 0 Å². The van der Waals surface area contributed by atoms with E-state index < -0.39 is 0 Å². The monoisotopic (exact) mass is 465 g/mol. The number of carbonyl (C=O) groups excluding carboxylic acids is 2. The highest BCUT2D eigenvalue weighted by molar-refractivity contribution is 6.32. The van der Waals surface area contributed by atoms with E-state index in [1.54, 1.807) is 31.3 Å². The highest BCUT2D eigenvalue weighted by Crippen LogP contribution is 2.38. The average molecular weight is 466 g/mol. The molecule has 2 aliphatic rings. The summed E-state index contributed by atoms with van der Waals surface area (Å²) in [5.74, 6) is 2.01. The second-order valence-electron chi connectivity index (χ2n) is 9.19. The van der Waals surface area contributed by atoms with Crippen molar-refractivity contribution in [1.82, 2.24) is 9.80 Å². The first-order chi connectivity index (χ1) is 15.3. The summed E-state index contributed by atoms with van der Waals surface area (Å²) in [4.78, 5) is 32.1. The van der Waals surface area contributed by atoms with Gasteiger partial charge in [-0.05, 0) is 37.5 Å². The SMILES string of the molecule is COc1cc(N(CC(=O)N2CCC[C@@H](C)C2)CC(=O)N2CCC[C@H](C)C2)c(OC)cc1Cl. The fourth-order valence-electron chi connectivity index (χ4n) is 4.68. The van der Waals surface area contributed by atoms with Gasteiger partial charge in [-0.2, -0.15) is 0 Å². The van der Waals surface area contributed by atoms with Gasteiger partial charge in [-0.1, -0.05) is 25.4 Å². The van der Waals surface area contributed by atoms with Crippen LogP contribution in [-0.2, 0) is 9.59 Å². The maximum Gasteiger partial charge on any atom is 0.242 e. The van der Waals surface area contributed by atoms with Gasteiger partial charge in [0, 0.05) is 38.3 Å². The van der Waals surface area contributed by atoms with Crippen LogP contribution >= 0.6 is 11.6 Å². The Kier molecular flexibility index (Phi) is 8.51. The Hall–Kier alpha value is -2.15. The Morgan fingerprint density at radius 1 is 0.938 bits per heavy atom. The molecular formula is C24H36ClN3O4. The van der Waals surface area contributed by atoms with Gasteiger partial charge in [0.15, 0.2) is 0 Å². The van der Waals surface area contributed by atoms with Gasteiger partial charge < -0.3 is 24.2 Å². The van der Waals surface area contributed by atoms with Crippen molar-refractivity contribution in [3.05, 3.63) is 17.2 Å². The Balaban J connectivity index is 1.87. The van der Waals surface area contributed by atoms with Crippen molar-refractivity contribution in [2.45, 2.75) is 39.5 Å². The van der Waals surface area contributed by atoms with Crippen LogP contribution in [0, 0.1) is 11.8 Å². The Morgan fingerprint density at radius 2 is 1.44 bits per heavy atom. The van der Waals surface area contributed by atoms with E-state index >= 15 is 0 Å². The van der Waals surface area contributed by atoms with Crippen LogP contribution in [0.25, 0.3) is 0 Å². The molecule has 0 bridgehead atoms. The van der Waals surface area contributed by atoms with Gasteiger partial charge in [0.2, 0.25) is 11.8 Å². The van der Waals surface area contributed by atoms with Crippen molar-refractivity contribution in [3.63, 3.8) is 0 Å². The lowest BCUT2D eigenvalue weighted by Gasteiger charge is -2.36. The molecule has 2 amide bonds. The number of nitrogens with zero attached hydrogens (tertiary/aromatic N) is 3. The third-order valence-electron chi connectivity index (χ3n) is 6.47.